The van der Waals surface area contributed by atoms with Crippen molar-refractivity contribution in [1.29, 1.82) is 0 Å². The van der Waals surface area contributed by atoms with Crippen LogP contribution in [-0.4, -0.2) is 13.1 Å². The van der Waals surface area contributed by atoms with Gasteiger partial charge in [0.15, 0.2) is 0 Å². The third kappa shape index (κ3) is 5.71. The fourth-order valence-corrected chi connectivity index (χ4v) is 2.09. The van der Waals surface area contributed by atoms with Gasteiger partial charge in [-0.05, 0) is 49.7 Å². The van der Waals surface area contributed by atoms with Crippen LogP contribution in [-0.2, 0) is 6.54 Å². The second-order valence-electron chi connectivity index (χ2n) is 3.80. The van der Waals surface area contributed by atoms with Crippen LogP contribution in [0.3, 0.4) is 0 Å². The standard InChI is InChI=1S/C12H18Cl2N2/c13-11-6-10(7-12(14)8-11)9-16-5-3-1-2-4-15/h6-8,16H,1-5,9,15H2. The van der Waals surface area contributed by atoms with Gasteiger partial charge in [-0.2, -0.15) is 0 Å². The van der Waals surface area contributed by atoms with Gasteiger partial charge in [-0.3, -0.25) is 0 Å². The molecule has 1 rings (SSSR count). The molecular formula is C12H18Cl2N2. The largest absolute Gasteiger partial charge is 0.330 e. The minimum Gasteiger partial charge on any atom is -0.330 e. The highest BCUT2D eigenvalue weighted by molar-refractivity contribution is 6.34. The lowest BCUT2D eigenvalue weighted by atomic mass is 10.2. The highest BCUT2D eigenvalue weighted by atomic mass is 35.5. The first-order chi connectivity index (χ1) is 7.72. The topological polar surface area (TPSA) is 38.0 Å². The van der Waals surface area contributed by atoms with E-state index < -0.39 is 0 Å². The summed E-state index contributed by atoms with van der Waals surface area (Å²) in [6, 6.07) is 5.61. The summed E-state index contributed by atoms with van der Waals surface area (Å²) in [7, 11) is 0. The van der Waals surface area contributed by atoms with E-state index in [4.69, 9.17) is 28.9 Å². The number of nitrogens with one attached hydrogen (secondary N) is 1. The molecule has 0 unspecified atom stereocenters. The summed E-state index contributed by atoms with van der Waals surface area (Å²) < 4.78 is 0. The molecule has 3 N–H and O–H groups in total. The lowest BCUT2D eigenvalue weighted by molar-refractivity contribution is 0.606. The van der Waals surface area contributed by atoms with E-state index in [9.17, 15) is 0 Å². The highest BCUT2D eigenvalue weighted by Crippen LogP contribution is 2.18. The third-order valence-corrected chi connectivity index (χ3v) is 2.75. The van der Waals surface area contributed by atoms with Crippen LogP contribution >= 0.6 is 23.2 Å². The third-order valence-electron chi connectivity index (χ3n) is 2.31. The number of hydrogen-bond acceptors (Lipinski definition) is 2. The second-order valence-corrected chi connectivity index (χ2v) is 4.68. The average Bonchev–Trinajstić information content (AvgIpc) is 2.22. The summed E-state index contributed by atoms with van der Waals surface area (Å²) in [6.45, 7) is 2.59. The fraction of sp³-hybridized carbons (Fsp3) is 0.500. The summed E-state index contributed by atoms with van der Waals surface area (Å²) in [4.78, 5) is 0. The first-order valence-corrected chi connectivity index (χ1v) is 6.33. The van der Waals surface area contributed by atoms with Gasteiger partial charge in [0, 0.05) is 16.6 Å². The van der Waals surface area contributed by atoms with Crippen molar-refractivity contribution < 1.29 is 0 Å². The molecule has 0 aliphatic carbocycles. The normalized spacial score (nSPS) is 10.7. The molecule has 2 nitrogen and oxygen atoms in total. The summed E-state index contributed by atoms with van der Waals surface area (Å²) in [6.07, 6.45) is 3.44. The van der Waals surface area contributed by atoms with Gasteiger partial charge in [-0.25, -0.2) is 0 Å². The number of hydrogen-bond donors (Lipinski definition) is 2. The molecule has 1 aromatic carbocycles. The van der Waals surface area contributed by atoms with Crippen molar-refractivity contribution in [2.24, 2.45) is 5.73 Å². The maximum Gasteiger partial charge on any atom is 0.0424 e. The first-order valence-electron chi connectivity index (χ1n) is 5.58. The van der Waals surface area contributed by atoms with E-state index in [1.54, 1.807) is 6.07 Å². The van der Waals surface area contributed by atoms with Gasteiger partial charge in [0.2, 0.25) is 0 Å². The van der Waals surface area contributed by atoms with E-state index >= 15 is 0 Å². The van der Waals surface area contributed by atoms with Crippen molar-refractivity contribution in [3.8, 4) is 0 Å². The molecule has 0 aliphatic rings. The molecule has 0 heterocycles. The van der Waals surface area contributed by atoms with Gasteiger partial charge in [-0.1, -0.05) is 29.6 Å². The van der Waals surface area contributed by atoms with Crippen LogP contribution in [0, 0.1) is 0 Å². The molecule has 0 bridgehead atoms. The Kier molecular flexibility index (Phi) is 6.81. The van der Waals surface area contributed by atoms with Crippen LogP contribution in [0.5, 0.6) is 0 Å². The predicted octanol–water partition coefficient (Wildman–Crippen LogP) is 3.21. The van der Waals surface area contributed by atoms with Gasteiger partial charge in [0.25, 0.3) is 0 Å². The molecule has 0 saturated heterocycles. The van der Waals surface area contributed by atoms with Gasteiger partial charge < -0.3 is 11.1 Å². The Morgan fingerprint density at radius 3 is 2.31 bits per heavy atom. The summed E-state index contributed by atoms with van der Waals surface area (Å²) in [5.41, 5.74) is 6.54. The first kappa shape index (κ1) is 13.8. The average molecular weight is 261 g/mol. The SMILES string of the molecule is NCCCCCNCc1cc(Cl)cc(Cl)c1. The zero-order chi connectivity index (χ0) is 11.8. The van der Waals surface area contributed by atoms with Crippen molar-refractivity contribution in [2.75, 3.05) is 13.1 Å². The molecule has 0 aliphatic heterocycles. The zero-order valence-electron chi connectivity index (χ0n) is 9.31. The van der Waals surface area contributed by atoms with Crippen LogP contribution in [0.15, 0.2) is 18.2 Å². The van der Waals surface area contributed by atoms with Crippen LogP contribution < -0.4 is 11.1 Å². The van der Waals surface area contributed by atoms with E-state index in [2.05, 4.69) is 5.32 Å². The van der Waals surface area contributed by atoms with Crippen molar-refractivity contribution in [1.82, 2.24) is 5.32 Å². The minimum absolute atomic E-state index is 0.687. The van der Waals surface area contributed by atoms with Crippen molar-refractivity contribution in [3.05, 3.63) is 33.8 Å². The summed E-state index contributed by atoms with van der Waals surface area (Å²) in [5, 5.41) is 4.73. The van der Waals surface area contributed by atoms with Gasteiger partial charge in [0.05, 0.1) is 0 Å². The van der Waals surface area contributed by atoms with E-state index in [1.165, 1.54) is 6.42 Å². The van der Waals surface area contributed by atoms with E-state index in [-0.39, 0.29) is 0 Å². The Morgan fingerprint density at radius 1 is 1.00 bits per heavy atom. The zero-order valence-corrected chi connectivity index (χ0v) is 10.8. The van der Waals surface area contributed by atoms with Crippen molar-refractivity contribution >= 4 is 23.2 Å². The number of unbranched alkanes of at least 4 members (excludes halogenated alkanes) is 2. The maximum absolute atomic E-state index is 5.91. The lowest BCUT2D eigenvalue weighted by Crippen LogP contribution is -2.15. The Bertz CT molecular complexity index is 296. The maximum atomic E-state index is 5.91. The Labute approximate surface area is 107 Å². The summed E-state index contributed by atoms with van der Waals surface area (Å²) >= 11 is 11.8. The molecule has 0 spiro atoms. The van der Waals surface area contributed by atoms with Gasteiger partial charge in [-0.15, -0.1) is 0 Å². The van der Waals surface area contributed by atoms with Gasteiger partial charge in [0.1, 0.15) is 0 Å². The van der Waals surface area contributed by atoms with Crippen molar-refractivity contribution in [2.45, 2.75) is 25.8 Å². The number of nitrogens with two attached hydrogens (primary N) is 1. The molecule has 4 heteroatoms. The molecule has 16 heavy (non-hydrogen) atoms. The second kappa shape index (κ2) is 7.91. The molecule has 0 atom stereocenters. The molecule has 0 saturated carbocycles. The predicted molar refractivity (Wildman–Crippen MR) is 71.1 cm³/mol. The Hall–Kier alpha value is -0.280. The molecule has 0 aromatic heterocycles. The van der Waals surface area contributed by atoms with Crippen LogP contribution in [0.4, 0.5) is 0 Å². The fourth-order valence-electron chi connectivity index (χ4n) is 1.52. The molecule has 0 amide bonds. The molecule has 0 radical (unpaired) electrons. The monoisotopic (exact) mass is 260 g/mol. The van der Waals surface area contributed by atoms with Crippen LogP contribution in [0.2, 0.25) is 10.0 Å². The quantitative estimate of drug-likeness (QED) is 0.739. The molecular weight excluding hydrogens is 243 g/mol. The smallest absolute Gasteiger partial charge is 0.0424 e. The Balaban J connectivity index is 2.21. The minimum atomic E-state index is 0.687. The molecule has 1 aromatic rings. The van der Waals surface area contributed by atoms with Crippen LogP contribution in [0.1, 0.15) is 24.8 Å². The summed E-state index contributed by atoms with van der Waals surface area (Å²) in [5.74, 6) is 0. The number of rotatable bonds is 7. The van der Waals surface area contributed by atoms with E-state index in [0.717, 1.165) is 38.0 Å². The van der Waals surface area contributed by atoms with E-state index in [0.29, 0.717) is 10.0 Å². The van der Waals surface area contributed by atoms with E-state index in [1.807, 2.05) is 12.1 Å². The van der Waals surface area contributed by atoms with Gasteiger partial charge >= 0.3 is 0 Å². The Morgan fingerprint density at radius 2 is 1.69 bits per heavy atom. The number of halogens is 2. The number of benzene rings is 1. The highest BCUT2D eigenvalue weighted by Gasteiger charge is 1.97. The van der Waals surface area contributed by atoms with Crippen molar-refractivity contribution in [3.63, 3.8) is 0 Å². The molecule has 0 fully saturated rings. The lowest BCUT2D eigenvalue weighted by Gasteiger charge is -2.05. The molecule has 90 valence electrons. The van der Waals surface area contributed by atoms with Crippen LogP contribution in [0.25, 0.3) is 0 Å².